The Balaban J connectivity index is 1.62. The number of piperidine rings is 1. The van der Waals surface area contributed by atoms with Gasteiger partial charge >= 0.3 is 0 Å². The monoisotopic (exact) mass is 292 g/mol. The minimum atomic E-state index is 0.504. The predicted octanol–water partition coefficient (Wildman–Crippen LogP) is 4.10. The first-order valence-corrected chi connectivity index (χ1v) is 9.25. The smallest absolute Gasteiger partial charge is 0.0388 e. The molecule has 0 radical (unpaired) electrons. The van der Waals surface area contributed by atoms with Gasteiger partial charge in [-0.05, 0) is 56.5 Å². The van der Waals surface area contributed by atoms with Crippen molar-refractivity contribution in [1.29, 1.82) is 0 Å². The van der Waals surface area contributed by atoms with Gasteiger partial charge in [-0.15, -0.1) is 11.3 Å². The van der Waals surface area contributed by atoms with Crippen LogP contribution in [0.4, 0.5) is 0 Å². The molecule has 2 N–H and O–H groups in total. The fourth-order valence-electron chi connectivity index (χ4n) is 4.03. The number of nitrogens with one attached hydrogen (secondary N) is 2. The highest BCUT2D eigenvalue weighted by atomic mass is 32.1. The lowest BCUT2D eigenvalue weighted by molar-refractivity contribution is 0.174. The first-order chi connectivity index (χ1) is 9.84. The van der Waals surface area contributed by atoms with Gasteiger partial charge in [-0.1, -0.05) is 25.3 Å². The maximum atomic E-state index is 3.94. The van der Waals surface area contributed by atoms with E-state index in [1.54, 1.807) is 0 Å². The summed E-state index contributed by atoms with van der Waals surface area (Å²) < 4.78 is 0. The van der Waals surface area contributed by atoms with E-state index in [0.29, 0.717) is 12.1 Å². The Morgan fingerprint density at radius 2 is 2.05 bits per heavy atom. The van der Waals surface area contributed by atoms with Gasteiger partial charge in [0, 0.05) is 23.0 Å². The molecule has 2 heterocycles. The second kappa shape index (κ2) is 7.06. The number of rotatable bonds is 4. The van der Waals surface area contributed by atoms with Gasteiger partial charge in [0.25, 0.3) is 0 Å². The molecule has 2 fully saturated rings. The number of thiophene rings is 1. The van der Waals surface area contributed by atoms with E-state index in [0.717, 1.165) is 12.0 Å². The van der Waals surface area contributed by atoms with Crippen LogP contribution in [0.2, 0.25) is 0 Å². The van der Waals surface area contributed by atoms with Crippen LogP contribution in [0.1, 0.15) is 62.8 Å². The number of hydrogen-bond acceptors (Lipinski definition) is 3. The van der Waals surface area contributed by atoms with Crippen molar-refractivity contribution in [3.63, 3.8) is 0 Å². The molecular formula is C17H28N2S. The lowest BCUT2D eigenvalue weighted by atomic mass is 9.77. The van der Waals surface area contributed by atoms with Gasteiger partial charge in [0.15, 0.2) is 0 Å². The van der Waals surface area contributed by atoms with Gasteiger partial charge in [0.2, 0.25) is 0 Å². The maximum Gasteiger partial charge on any atom is 0.0388 e. The van der Waals surface area contributed by atoms with Gasteiger partial charge in [-0.3, -0.25) is 0 Å². The zero-order valence-corrected chi connectivity index (χ0v) is 13.4. The van der Waals surface area contributed by atoms with Crippen LogP contribution in [0.3, 0.4) is 0 Å². The van der Waals surface area contributed by atoms with Crippen molar-refractivity contribution in [2.45, 2.75) is 70.0 Å². The summed E-state index contributed by atoms with van der Waals surface area (Å²) in [4.78, 5) is 1.48. The van der Waals surface area contributed by atoms with Crippen molar-refractivity contribution in [3.8, 4) is 0 Å². The minimum Gasteiger partial charge on any atom is -0.314 e. The van der Waals surface area contributed by atoms with Gasteiger partial charge in [-0.2, -0.15) is 0 Å². The Morgan fingerprint density at radius 3 is 2.80 bits per heavy atom. The Morgan fingerprint density at radius 1 is 1.20 bits per heavy atom. The van der Waals surface area contributed by atoms with Crippen molar-refractivity contribution in [2.24, 2.45) is 5.92 Å². The third kappa shape index (κ3) is 3.44. The Bertz CT molecular complexity index is 384. The largest absolute Gasteiger partial charge is 0.314 e. The average molecular weight is 292 g/mol. The van der Waals surface area contributed by atoms with E-state index in [4.69, 9.17) is 0 Å². The van der Waals surface area contributed by atoms with Gasteiger partial charge in [0.05, 0.1) is 0 Å². The SMILES string of the molecule is C[C@H](NC1CCCCC1C1CCCCN1)c1cccs1. The highest BCUT2D eigenvalue weighted by molar-refractivity contribution is 7.10. The molecule has 1 aromatic rings. The van der Waals surface area contributed by atoms with Crippen molar-refractivity contribution in [3.05, 3.63) is 22.4 Å². The summed E-state index contributed by atoms with van der Waals surface area (Å²) in [5, 5.41) is 9.92. The van der Waals surface area contributed by atoms with Crippen LogP contribution < -0.4 is 10.6 Å². The topological polar surface area (TPSA) is 24.1 Å². The summed E-state index contributed by atoms with van der Waals surface area (Å²) in [7, 11) is 0. The zero-order chi connectivity index (χ0) is 13.8. The lowest BCUT2D eigenvalue weighted by Gasteiger charge is -2.41. The summed E-state index contributed by atoms with van der Waals surface area (Å²) in [6.07, 6.45) is 9.77. The van der Waals surface area contributed by atoms with Crippen LogP contribution in [0.15, 0.2) is 17.5 Å². The maximum absolute atomic E-state index is 3.94. The molecule has 4 atom stereocenters. The molecule has 1 aliphatic heterocycles. The van der Waals surface area contributed by atoms with Crippen LogP contribution in [0, 0.1) is 5.92 Å². The van der Waals surface area contributed by atoms with Gasteiger partial charge in [0.1, 0.15) is 0 Å². The molecule has 0 bridgehead atoms. The second-order valence-electron chi connectivity index (χ2n) is 6.51. The third-order valence-corrected chi connectivity index (χ3v) is 6.17. The second-order valence-corrected chi connectivity index (χ2v) is 7.49. The molecule has 3 unspecified atom stereocenters. The van der Waals surface area contributed by atoms with E-state index >= 15 is 0 Å². The molecule has 0 spiro atoms. The van der Waals surface area contributed by atoms with Crippen LogP contribution in [-0.4, -0.2) is 18.6 Å². The third-order valence-electron chi connectivity index (χ3n) is 5.12. The molecule has 20 heavy (non-hydrogen) atoms. The Hall–Kier alpha value is -0.380. The molecule has 1 aromatic heterocycles. The molecule has 2 nitrogen and oxygen atoms in total. The molecule has 1 aliphatic carbocycles. The molecular weight excluding hydrogens is 264 g/mol. The summed E-state index contributed by atoms with van der Waals surface area (Å²) in [5.41, 5.74) is 0. The Labute approximate surface area is 127 Å². The highest BCUT2D eigenvalue weighted by Crippen LogP contribution is 2.32. The van der Waals surface area contributed by atoms with E-state index in [-0.39, 0.29) is 0 Å². The normalized spacial score (nSPS) is 33.0. The lowest BCUT2D eigenvalue weighted by Crippen LogP contribution is -2.50. The van der Waals surface area contributed by atoms with Gasteiger partial charge in [-0.25, -0.2) is 0 Å². The highest BCUT2D eigenvalue weighted by Gasteiger charge is 2.33. The molecule has 112 valence electrons. The van der Waals surface area contributed by atoms with E-state index in [1.165, 1.54) is 56.4 Å². The molecule has 1 saturated heterocycles. The average Bonchev–Trinajstić information content (AvgIpc) is 3.03. The van der Waals surface area contributed by atoms with Crippen molar-refractivity contribution in [1.82, 2.24) is 10.6 Å². The first kappa shape index (κ1) is 14.6. The molecule has 0 aromatic carbocycles. The molecule has 3 rings (SSSR count). The van der Waals surface area contributed by atoms with E-state index in [1.807, 2.05) is 11.3 Å². The van der Waals surface area contributed by atoms with E-state index in [2.05, 4.69) is 35.1 Å². The van der Waals surface area contributed by atoms with Crippen LogP contribution in [-0.2, 0) is 0 Å². The molecule has 3 heteroatoms. The van der Waals surface area contributed by atoms with Crippen LogP contribution >= 0.6 is 11.3 Å². The van der Waals surface area contributed by atoms with Crippen molar-refractivity contribution >= 4 is 11.3 Å². The predicted molar refractivity (Wildman–Crippen MR) is 87.3 cm³/mol. The molecule has 2 aliphatic rings. The fraction of sp³-hybridized carbons (Fsp3) is 0.765. The van der Waals surface area contributed by atoms with E-state index in [9.17, 15) is 0 Å². The quantitative estimate of drug-likeness (QED) is 0.873. The summed E-state index contributed by atoms with van der Waals surface area (Å²) in [6, 6.07) is 6.40. The van der Waals surface area contributed by atoms with Crippen molar-refractivity contribution < 1.29 is 0 Å². The zero-order valence-electron chi connectivity index (χ0n) is 12.6. The van der Waals surface area contributed by atoms with E-state index < -0.39 is 0 Å². The Kier molecular flexibility index (Phi) is 5.14. The summed E-state index contributed by atoms with van der Waals surface area (Å²) in [6.45, 7) is 3.56. The van der Waals surface area contributed by atoms with Crippen LogP contribution in [0.25, 0.3) is 0 Å². The fourth-order valence-corrected chi connectivity index (χ4v) is 4.78. The standard InChI is InChI=1S/C17H28N2S/c1-13(17-10-6-12-20-17)19-16-9-3-2-7-14(16)15-8-4-5-11-18-15/h6,10,12-16,18-19H,2-5,7-9,11H2,1H3/t13-,14?,15?,16?/m0/s1. The molecule has 0 amide bonds. The van der Waals surface area contributed by atoms with Crippen LogP contribution in [0.5, 0.6) is 0 Å². The van der Waals surface area contributed by atoms with Gasteiger partial charge < -0.3 is 10.6 Å². The number of hydrogen-bond donors (Lipinski definition) is 2. The molecule has 1 saturated carbocycles. The summed E-state index contributed by atoms with van der Waals surface area (Å²) in [5.74, 6) is 0.839. The first-order valence-electron chi connectivity index (χ1n) is 8.37. The minimum absolute atomic E-state index is 0.504. The summed E-state index contributed by atoms with van der Waals surface area (Å²) >= 11 is 1.88. The van der Waals surface area contributed by atoms with Crippen molar-refractivity contribution in [2.75, 3.05) is 6.54 Å².